The van der Waals surface area contributed by atoms with Crippen molar-refractivity contribution in [3.05, 3.63) is 24.3 Å². The van der Waals surface area contributed by atoms with Crippen LogP contribution < -0.4 is 9.64 Å². The fourth-order valence-corrected chi connectivity index (χ4v) is 4.09. The number of nitrogens with zero attached hydrogens (tertiary/aromatic N) is 3. The third-order valence-electron chi connectivity index (χ3n) is 5.13. The minimum Gasteiger partial charge on any atom is -0.480 e. The van der Waals surface area contributed by atoms with Gasteiger partial charge in [0.15, 0.2) is 17.7 Å². The number of methoxy groups -OCH3 is 1. The summed E-state index contributed by atoms with van der Waals surface area (Å²) >= 11 is 0. The first-order valence-corrected chi connectivity index (χ1v) is 8.01. The molecule has 4 aliphatic heterocycles. The molecule has 0 aliphatic carbocycles. The van der Waals surface area contributed by atoms with Crippen molar-refractivity contribution >= 4 is 17.6 Å². The summed E-state index contributed by atoms with van der Waals surface area (Å²) in [5.74, 6) is -1.54. The van der Waals surface area contributed by atoms with Gasteiger partial charge in [-0.15, -0.1) is 10.2 Å². The van der Waals surface area contributed by atoms with Crippen LogP contribution in [0.1, 0.15) is 0 Å². The first kappa shape index (κ1) is 14.9. The smallest absolute Gasteiger partial charge is 0.242 e. The molecule has 5 rings (SSSR count). The maximum absolute atomic E-state index is 13.1. The number of ether oxygens (including phenoxy) is 4. The largest absolute Gasteiger partial charge is 0.480 e. The maximum Gasteiger partial charge on any atom is 0.242 e. The zero-order valence-corrected chi connectivity index (χ0v) is 13.3. The lowest BCUT2D eigenvalue weighted by molar-refractivity contribution is -0.180. The van der Waals surface area contributed by atoms with E-state index in [0.717, 1.165) is 4.90 Å². The van der Waals surface area contributed by atoms with Crippen molar-refractivity contribution in [3.8, 4) is 5.88 Å². The molecule has 0 saturated carbocycles. The minimum absolute atomic E-state index is 0.174. The highest BCUT2D eigenvalue weighted by Crippen LogP contribution is 2.54. The Labute approximate surface area is 142 Å². The molecule has 5 heterocycles. The van der Waals surface area contributed by atoms with Crippen molar-refractivity contribution in [2.24, 2.45) is 11.8 Å². The van der Waals surface area contributed by atoms with Gasteiger partial charge in [-0.3, -0.25) is 9.59 Å². The van der Waals surface area contributed by atoms with E-state index in [1.165, 1.54) is 13.2 Å². The standard InChI is InChI=1S/C16H15N3O6/c1-22-10-3-2-9(17-18-10)19-13(20)11-8-4-5-16(25-8,12(11)14(19)21)15-23-6-7-24-15/h2-5,8,11-12,15H,6-7H2,1H3/t8-,11+,12-,16-/m1/s1. The molecular weight excluding hydrogens is 330 g/mol. The lowest BCUT2D eigenvalue weighted by Crippen LogP contribution is -2.49. The van der Waals surface area contributed by atoms with Crippen LogP contribution in [-0.4, -0.2) is 60.3 Å². The molecule has 1 aromatic heterocycles. The van der Waals surface area contributed by atoms with Crippen LogP contribution in [0.5, 0.6) is 5.88 Å². The Morgan fingerprint density at radius 2 is 2.00 bits per heavy atom. The summed E-state index contributed by atoms with van der Waals surface area (Å²) in [4.78, 5) is 27.1. The molecule has 2 bridgehead atoms. The summed E-state index contributed by atoms with van der Waals surface area (Å²) in [5.41, 5.74) is -1.06. The summed E-state index contributed by atoms with van der Waals surface area (Å²) < 4.78 is 22.1. The van der Waals surface area contributed by atoms with Crippen LogP contribution in [0.2, 0.25) is 0 Å². The quantitative estimate of drug-likeness (QED) is 0.542. The van der Waals surface area contributed by atoms with Crippen LogP contribution >= 0.6 is 0 Å². The molecule has 3 saturated heterocycles. The fraction of sp³-hybridized carbons (Fsp3) is 0.500. The first-order valence-electron chi connectivity index (χ1n) is 8.01. The number of amides is 2. The van der Waals surface area contributed by atoms with Crippen LogP contribution in [0.25, 0.3) is 0 Å². The Morgan fingerprint density at radius 3 is 2.68 bits per heavy atom. The Balaban J connectivity index is 1.53. The van der Waals surface area contributed by atoms with Gasteiger partial charge in [0.05, 0.1) is 38.3 Å². The summed E-state index contributed by atoms with van der Waals surface area (Å²) in [5, 5.41) is 7.77. The van der Waals surface area contributed by atoms with E-state index in [4.69, 9.17) is 18.9 Å². The first-order chi connectivity index (χ1) is 12.2. The van der Waals surface area contributed by atoms with Gasteiger partial charge < -0.3 is 18.9 Å². The highest BCUT2D eigenvalue weighted by atomic mass is 16.7. The molecule has 1 aromatic rings. The Bertz CT molecular complexity index is 775. The predicted octanol–water partition coefficient (Wildman–Crippen LogP) is -0.329. The van der Waals surface area contributed by atoms with E-state index in [-0.39, 0.29) is 17.6 Å². The average Bonchev–Trinajstić information content (AvgIpc) is 3.39. The monoisotopic (exact) mass is 345 g/mol. The molecule has 9 heteroatoms. The van der Waals surface area contributed by atoms with E-state index in [2.05, 4.69) is 10.2 Å². The van der Waals surface area contributed by atoms with Gasteiger partial charge >= 0.3 is 0 Å². The van der Waals surface area contributed by atoms with Crippen molar-refractivity contribution < 1.29 is 28.5 Å². The Hall–Kier alpha value is -2.36. The van der Waals surface area contributed by atoms with E-state index >= 15 is 0 Å². The molecule has 9 nitrogen and oxygen atoms in total. The summed E-state index contributed by atoms with van der Waals surface area (Å²) in [6.07, 6.45) is 2.44. The van der Waals surface area contributed by atoms with E-state index in [0.29, 0.717) is 19.1 Å². The van der Waals surface area contributed by atoms with E-state index in [1.54, 1.807) is 18.2 Å². The van der Waals surface area contributed by atoms with Crippen LogP contribution in [0.3, 0.4) is 0 Å². The lowest BCUT2D eigenvalue weighted by Gasteiger charge is -2.32. The van der Waals surface area contributed by atoms with Crippen LogP contribution in [-0.2, 0) is 23.8 Å². The normalized spacial score (nSPS) is 36.5. The van der Waals surface area contributed by atoms with Gasteiger partial charge in [-0.05, 0) is 12.1 Å². The van der Waals surface area contributed by atoms with E-state index in [9.17, 15) is 9.59 Å². The van der Waals surface area contributed by atoms with Gasteiger partial charge in [0.1, 0.15) is 0 Å². The number of rotatable bonds is 3. The number of carbonyl (C=O) groups excluding carboxylic acids is 2. The molecule has 0 spiro atoms. The summed E-state index contributed by atoms with van der Waals surface area (Å²) in [6, 6.07) is 3.09. The fourth-order valence-electron chi connectivity index (χ4n) is 4.09. The zero-order chi connectivity index (χ0) is 17.2. The van der Waals surface area contributed by atoms with Crippen molar-refractivity contribution in [2.45, 2.75) is 18.0 Å². The predicted molar refractivity (Wildman–Crippen MR) is 80.5 cm³/mol. The third kappa shape index (κ3) is 1.82. The second kappa shape index (κ2) is 5.07. The minimum atomic E-state index is -1.06. The number of fused-ring (bicyclic) bond motifs is 5. The Kier molecular flexibility index (Phi) is 3.03. The maximum atomic E-state index is 13.1. The number of carbonyl (C=O) groups is 2. The third-order valence-corrected chi connectivity index (χ3v) is 5.13. The van der Waals surface area contributed by atoms with E-state index < -0.39 is 29.8 Å². The van der Waals surface area contributed by atoms with Gasteiger partial charge in [-0.2, -0.15) is 0 Å². The molecule has 4 atom stereocenters. The molecule has 2 amide bonds. The number of anilines is 1. The van der Waals surface area contributed by atoms with Crippen LogP contribution in [0.4, 0.5) is 5.82 Å². The topological polar surface area (TPSA) is 100 Å². The molecule has 25 heavy (non-hydrogen) atoms. The van der Waals surface area contributed by atoms with Gasteiger partial charge in [0.2, 0.25) is 17.7 Å². The second-order valence-corrected chi connectivity index (χ2v) is 6.32. The number of hydrogen-bond acceptors (Lipinski definition) is 8. The van der Waals surface area contributed by atoms with Crippen LogP contribution in [0, 0.1) is 11.8 Å². The van der Waals surface area contributed by atoms with Crippen molar-refractivity contribution in [1.29, 1.82) is 0 Å². The van der Waals surface area contributed by atoms with Crippen molar-refractivity contribution in [2.75, 3.05) is 25.2 Å². The highest BCUT2D eigenvalue weighted by Gasteiger charge is 2.71. The molecular formula is C16H15N3O6. The van der Waals surface area contributed by atoms with Gasteiger partial charge in [0, 0.05) is 6.07 Å². The molecule has 0 N–H and O–H groups in total. The number of aromatic nitrogens is 2. The second-order valence-electron chi connectivity index (χ2n) is 6.32. The number of imide groups is 1. The van der Waals surface area contributed by atoms with Crippen molar-refractivity contribution in [1.82, 2.24) is 10.2 Å². The molecule has 4 aliphatic rings. The molecule has 0 radical (unpaired) electrons. The molecule has 3 fully saturated rings. The molecule has 0 aromatic carbocycles. The van der Waals surface area contributed by atoms with Crippen molar-refractivity contribution in [3.63, 3.8) is 0 Å². The van der Waals surface area contributed by atoms with Gasteiger partial charge in [0.25, 0.3) is 0 Å². The Morgan fingerprint density at radius 1 is 1.20 bits per heavy atom. The van der Waals surface area contributed by atoms with E-state index in [1.807, 2.05) is 0 Å². The number of hydrogen-bond donors (Lipinski definition) is 0. The highest BCUT2D eigenvalue weighted by molar-refractivity contribution is 6.22. The van der Waals surface area contributed by atoms with Crippen LogP contribution in [0.15, 0.2) is 24.3 Å². The SMILES string of the molecule is COc1ccc(N2C(=O)[C@H]3[C@H]4C=C[C@@](C5OCCO5)(O4)[C@H]3C2=O)nn1. The van der Waals surface area contributed by atoms with Gasteiger partial charge in [-0.25, -0.2) is 4.90 Å². The molecule has 130 valence electrons. The lowest BCUT2D eigenvalue weighted by atomic mass is 9.76. The summed E-state index contributed by atoms with van der Waals surface area (Å²) in [7, 11) is 1.46. The average molecular weight is 345 g/mol. The summed E-state index contributed by atoms with van der Waals surface area (Å²) in [6.45, 7) is 0.864. The zero-order valence-electron chi connectivity index (χ0n) is 13.3. The van der Waals surface area contributed by atoms with Gasteiger partial charge in [-0.1, -0.05) is 6.08 Å². The molecule has 0 unspecified atom stereocenters.